The van der Waals surface area contributed by atoms with Gasteiger partial charge in [0, 0.05) is 12.8 Å². The van der Waals surface area contributed by atoms with Crippen molar-refractivity contribution >= 4 is 11.9 Å². The lowest BCUT2D eigenvalue weighted by Crippen LogP contribution is -2.16. The van der Waals surface area contributed by atoms with E-state index in [9.17, 15) is 9.59 Å². The molecule has 0 amide bonds. The topological polar surface area (TPSA) is 63.6 Å². The average molecular weight is 509 g/mol. The maximum absolute atomic E-state index is 12.4. The zero-order valence-electron chi connectivity index (χ0n) is 24.1. The second-order valence-corrected chi connectivity index (χ2v) is 10.6. The summed E-state index contributed by atoms with van der Waals surface area (Å²) in [6.45, 7) is 4.51. The van der Waals surface area contributed by atoms with Crippen molar-refractivity contribution in [2.45, 2.75) is 180 Å². The third-order valence-electron chi connectivity index (χ3n) is 6.97. The molecule has 36 heavy (non-hydrogen) atoms. The molecule has 0 aliphatic heterocycles. The predicted octanol–water partition coefficient (Wildman–Crippen LogP) is 10.3. The first-order valence-electron chi connectivity index (χ1n) is 15.7. The molecule has 0 aliphatic carbocycles. The highest BCUT2D eigenvalue weighted by Gasteiger charge is 2.11. The molecule has 1 unspecified atom stereocenters. The van der Waals surface area contributed by atoms with Crippen LogP contribution in [0.25, 0.3) is 0 Å². The van der Waals surface area contributed by atoms with Gasteiger partial charge < -0.3 is 9.84 Å². The Labute approximate surface area is 224 Å². The highest BCUT2D eigenvalue weighted by atomic mass is 16.5. The predicted molar refractivity (Wildman–Crippen MR) is 153 cm³/mol. The van der Waals surface area contributed by atoms with E-state index in [0.29, 0.717) is 6.42 Å². The van der Waals surface area contributed by atoms with E-state index in [0.717, 1.165) is 51.4 Å². The molecule has 0 aromatic heterocycles. The van der Waals surface area contributed by atoms with Gasteiger partial charge in [-0.05, 0) is 44.6 Å². The maximum atomic E-state index is 12.4. The van der Waals surface area contributed by atoms with E-state index in [2.05, 4.69) is 26.0 Å². The Morgan fingerprint density at radius 3 is 1.58 bits per heavy atom. The van der Waals surface area contributed by atoms with Gasteiger partial charge in [-0.1, -0.05) is 129 Å². The summed E-state index contributed by atoms with van der Waals surface area (Å²) in [5.74, 6) is -0.784. The molecule has 0 aromatic rings. The van der Waals surface area contributed by atoms with Crippen LogP contribution < -0.4 is 0 Å². The van der Waals surface area contributed by atoms with Gasteiger partial charge in [0.15, 0.2) is 0 Å². The van der Waals surface area contributed by atoms with Crippen molar-refractivity contribution in [3.05, 3.63) is 12.2 Å². The van der Waals surface area contributed by atoms with Gasteiger partial charge >= 0.3 is 11.9 Å². The Bertz CT molecular complexity index is 514. The Kier molecular flexibility index (Phi) is 27.2. The molecule has 212 valence electrons. The molecule has 0 rings (SSSR count). The van der Waals surface area contributed by atoms with Gasteiger partial charge in [0.25, 0.3) is 0 Å². The summed E-state index contributed by atoms with van der Waals surface area (Å²) >= 11 is 0. The van der Waals surface area contributed by atoms with Crippen molar-refractivity contribution in [2.24, 2.45) is 0 Å². The van der Waals surface area contributed by atoms with Crippen LogP contribution in [0, 0.1) is 0 Å². The second kappa shape index (κ2) is 28.3. The number of hydrogen-bond acceptors (Lipinski definition) is 3. The van der Waals surface area contributed by atoms with Crippen LogP contribution in [0.3, 0.4) is 0 Å². The minimum atomic E-state index is -0.720. The summed E-state index contributed by atoms with van der Waals surface area (Å²) in [6.07, 6.45) is 32.2. The summed E-state index contributed by atoms with van der Waals surface area (Å²) < 4.78 is 5.83. The summed E-state index contributed by atoms with van der Waals surface area (Å²) in [7, 11) is 0. The molecule has 0 spiro atoms. The zero-order valence-corrected chi connectivity index (χ0v) is 24.1. The highest BCUT2D eigenvalue weighted by Crippen LogP contribution is 2.15. The molecule has 0 saturated carbocycles. The molecule has 0 saturated heterocycles. The largest absolute Gasteiger partial charge is 0.481 e. The van der Waals surface area contributed by atoms with E-state index in [1.807, 2.05) is 0 Å². The lowest BCUT2D eigenvalue weighted by molar-refractivity contribution is -0.147. The molecule has 0 aliphatic rings. The summed E-state index contributed by atoms with van der Waals surface area (Å²) in [5.41, 5.74) is 0. The van der Waals surface area contributed by atoms with Gasteiger partial charge in [-0.2, -0.15) is 0 Å². The van der Waals surface area contributed by atoms with Crippen molar-refractivity contribution in [2.75, 3.05) is 0 Å². The third-order valence-corrected chi connectivity index (χ3v) is 6.97. The molecule has 1 atom stereocenters. The number of carboxylic acid groups (broad SMARTS) is 1. The molecule has 0 heterocycles. The fourth-order valence-corrected chi connectivity index (χ4v) is 4.62. The number of carboxylic acids is 1. The standard InChI is InChI=1S/C32H60O4/c1-3-5-7-9-11-13-15-17-19-25-29-32(35)36-30(27-23-20-21-24-28-31(33)34)26-22-18-16-14-12-10-8-6-4-2/h22,26,30H,3-21,23-25,27-29H2,1-2H3,(H,33,34)/b26-22-. The number of unbranched alkanes of at least 4 members (excludes halogenated alkanes) is 19. The van der Waals surface area contributed by atoms with Crippen LogP contribution in [-0.4, -0.2) is 23.1 Å². The van der Waals surface area contributed by atoms with E-state index >= 15 is 0 Å². The first-order valence-corrected chi connectivity index (χ1v) is 15.7. The summed E-state index contributed by atoms with van der Waals surface area (Å²) in [6, 6.07) is 0. The SMILES string of the molecule is CCCCCCCCC/C=C\C(CCCCCCC(=O)O)OC(=O)CCCCCCCCCCCC. The monoisotopic (exact) mass is 508 g/mol. The fourth-order valence-electron chi connectivity index (χ4n) is 4.62. The van der Waals surface area contributed by atoms with Gasteiger partial charge in [-0.3, -0.25) is 9.59 Å². The average Bonchev–Trinajstić information content (AvgIpc) is 2.85. The number of carbonyl (C=O) groups excluding carboxylic acids is 1. The first-order chi connectivity index (χ1) is 17.6. The summed E-state index contributed by atoms with van der Waals surface area (Å²) in [4.78, 5) is 23.1. The second-order valence-electron chi connectivity index (χ2n) is 10.6. The van der Waals surface area contributed by atoms with E-state index in [1.165, 1.54) is 96.3 Å². The van der Waals surface area contributed by atoms with Crippen LogP contribution in [-0.2, 0) is 14.3 Å². The van der Waals surface area contributed by atoms with Crippen molar-refractivity contribution in [3.8, 4) is 0 Å². The Hall–Kier alpha value is -1.32. The van der Waals surface area contributed by atoms with Gasteiger partial charge in [0.2, 0.25) is 0 Å². The molecular formula is C32H60O4. The lowest BCUT2D eigenvalue weighted by atomic mass is 10.1. The first kappa shape index (κ1) is 34.7. The number of carbonyl (C=O) groups is 2. The molecule has 0 radical (unpaired) electrons. The van der Waals surface area contributed by atoms with Gasteiger partial charge in [-0.15, -0.1) is 0 Å². The van der Waals surface area contributed by atoms with Gasteiger partial charge in [0.05, 0.1) is 0 Å². The Morgan fingerprint density at radius 1 is 0.611 bits per heavy atom. The minimum Gasteiger partial charge on any atom is -0.481 e. The number of rotatable bonds is 28. The van der Waals surface area contributed by atoms with E-state index in [-0.39, 0.29) is 18.5 Å². The molecule has 0 bridgehead atoms. The van der Waals surface area contributed by atoms with E-state index in [1.54, 1.807) is 0 Å². The van der Waals surface area contributed by atoms with Crippen molar-refractivity contribution < 1.29 is 19.4 Å². The highest BCUT2D eigenvalue weighted by molar-refractivity contribution is 5.69. The Morgan fingerprint density at radius 2 is 1.06 bits per heavy atom. The van der Waals surface area contributed by atoms with Crippen LogP contribution in [0.1, 0.15) is 174 Å². The van der Waals surface area contributed by atoms with Crippen LogP contribution >= 0.6 is 0 Å². The van der Waals surface area contributed by atoms with Crippen LogP contribution in [0.2, 0.25) is 0 Å². The minimum absolute atomic E-state index is 0.0639. The normalized spacial score (nSPS) is 12.3. The number of hydrogen-bond donors (Lipinski definition) is 1. The van der Waals surface area contributed by atoms with Crippen LogP contribution in [0.4, 0.5) is 0 Å². The van der Waals surface area contributed by atoms with Crippen molar-refractivity contribution in [1.82, 2.24) is 0 Å². The maximum Gasteiger partial charge on any atom is 0.306 e. The molecule has 0 fully saturated rings. The van der Waals surface area contributed by atoms with Crippen molar-refractivity contribution in [1.29, 1.82) is 0 Å². The molecule has 0 aromatic carbocycles. The quantitative estimate of drug-likeness (QED) is 0.0648. The molecule has 4 nitrogen and oxygen atoms in total. The lowest BCUT2D eigenvalue weighted by Gasteiger charge is -2.15. The number of ether oxygens (including phenoxy) is 1. The van der Waals surface area contributed by atoms with Crippen molar-refractivity contribution in [3.63, 3.8) is 0 Å². The third kappa shape index (κ3) is 27.3. The van der Waals surface area contributed by atoms with Crippen LogP contribution in [0.15, 0.2) is 12.2 Å². The zero-order chi connectivity index (χ0) is 26.5. The Balaban J connectivity index is 4.11. The van der Waals surface area contributed by atoms with Gasteiger partial charge in [-0.25, -0.2) is 0 Å². The molecular weight excluding hydrogens is 448 g/mol. The van der Waals surface area contributed by atoms with E-state index in [4.69, 9.17) is 9.84 Å². The smallest absolute Gasteiger partial charge is 0.306 e. The number of esters is 1. The van der Waals surface area contributed by atoms with Gasteiger partial charge in [0.1, 0.15) is 6.10 Å². The molecule has 4 heteroatoms. The number of aliphatic carboxylic acids is 1. The summed E-state index contributed by atoms with van der Waals surface area (Å²) in [5, 5.41) is 8.77. The number of allylic oxidation sites excluding steroid dienone is 1. The van der Waals surface area contributed by atoms with E-state index < -0.39 is 5.97 Å². The fraction of sp³-hybridized carbons (Fsp3) is 0.875. The molecule has 1 N–H and O–H groups in total. The van der Waals surface area contributed by atoms with Crippen LogP contribution in [0.5, 0.6) is 0 Å².